The van der Waals surface area contributed by atoms with Crippen LogP contribution in [0.5, 0.6) is 0 Å². The maximum atomic E-state index is 14.3. The number of carbonyl (C=O) groups excluding carboxylic acids is 2. The molecule has 0 spiro atoms. The first-order valence-corrected chi connectivity index (χ1v) is 7.34. The Kier molecular flexibility index (Phi) is 5.27. The summed E-state index contributed by atoms with van der Waals surface area (Å²) >= 11 is 5.76. The van der Waals surface area contributed by atoms with Crippen molar-refractivity contribution < 1.29 is 27.2 Å². The number of rotatable bonds is 4. The molecule has 0 aliphatic carbocycles. The Balaban J connectivity index is 2.86. The minimum Gasteiger partial charge on any atom is -0.369 e. The molecular formula is C15H9ClF4N3O4. The van der Waals surface area contributed by atoms with Crippen LogP contribution < -0.4 is 17.0 Å². The Hall–Kier alpha value is -2.95. The predicted molar refractivity (Wildman–Crippen MR) is 84.9 cm³/mol. The highest BCUT2D eigenvalue weighted by Gasteiger charge is 2.35. The van der Waals surface area contributed by atoms with Gasteiger partial charge in [-0.2, -0.15) is 13.2 Å². The van der Waals surface area contributed by atoms with Crippen LogP contribution in [0.25, 0.3) is 5.69 Å². The van der Waals surface area contributed by atoms with Gasteiger partial charge < -0.3 is 5.73 Å². The quantitative estimate of drug-likeness (QED) is 0.604. The Bertz CT molecular complexity index is 1060. The molecule has 0 aliphatic rings. The molecule has 1 aromatic heterocycles. The molecule has 0 saturated heterocycles. The average Bonchev–Trinajstić information content (AvgIpc) is 2.53. The Labute approximate surface area is 152 Å². The van der Waals surface area contributed by atoms with Gasteiger partial charge in [0.15, 0.2) is 0 Å². The molecule has 0 saturated carbocycles. The SMILES string of the molecule is Cn1c(C(F)(F)F)cc(=O)n(-c2cc(C([C]=O)C(N)=O)c(Cl)cc2F)c1=O. The molecule has 1 unspecified atom stereocenters. The monoisotopic (exact) mass is 406 g/mol. The number of benzene rings is 1. The van der Waals surface area contributed by atoms with Gasteiger partial charge >= 0.3 is 11.9 Å². The number of hydrogen-bond donors (Lipinski definition) is 1. The first kappa shape index (κ1) is 20.4. The normalized spacial score (nSPS) is 12.7. The Morgan fingerprint density at radius 1 is 1.26 bits per heavy atom. The van der Waals surface area contributed by atoms with Crippen molar-refractivity contribution in [1.82, 2.24) is 9.13 Å². The van der Waals surface area contributed by atoms with E-state index < -0.39 is 51.5 Å². The maximum Gasteiger partial charge on any atom is 0.431 e. The van der Waals surface area contributed by atoms with Crippen molar-refractivity contribution in [2.75, 3.05) is 0 Å². The van der Waals surface area contributed by atoms with Crippen LogP contribution in [0.2, 0.25) is 5.02 Å². The van der Waals surface area contributed by atoms with Gasteiger partial charge in [0.05, 0.1) is 5.69 Å². The number of amides is 1. The van der Waals surface area contributed by atoms with Gasteiger partial charge in [0.1, 0.15) is 17.4 Å². The van der Waals surface area contributed by atoms with Crippen LogP contribution in [0.3, 0.4) is 0 Å². The third kappa shape index (κ3) is 3.63. The number of alkyl halides is 3. The zero-order valence-electron chi connectivity index (χ0n) is 13.3. The second-order valence-electron chi connectivity index (χ2n) is 5.32. The van der Waals surface area contributed by atoms with E-state index in [2.05, 4.69) is 0 Å². The number of aromatic nitrogens is 2. The lowest BCUT2D eigenvalue weighted by atomic mass is 9.99. The van der Waals surface area contributed by atoms with E-state index in [0.29, 0.717) is 12.1 Å². The summed E-state index contributed by atoms with van der Waals surface area (Å²) in [5.74, 6) is -4.19. The molecule has 143 valence electrons. The molecule has 0 fully saturated rings. The molecule has 7 nitrogen and oxygen atoms in total. The van der Waals surface area contributed by atoms with Gasteiger partial charge in [-0.1, -0.05) is 11.6 Å². The van der Waals surface area contributed by atoms with Crippen molar-refractivity contribution in [2.45, 2.75) is 12.1 Å². The molecule has 12 heteroatoms. The number of halogens is 5. The Morgan fingerprint density at radius 3 is 2.33 bits per heavy atom. The van der Waals surface area contributed by atoms with Crippen LogP contribution in [-0.4, -0.2) is 21.3 Å². The highest BCUT2D eigenvalue weighted by molar-refractivity contribution is 6.32. The number of hydrogen-bond acceptors (Lipinski definition) is 4. The zero-order chi connectivity index (χ0) is 20.7. The topological polar surface area (TPSA) is 104 Å². The van der Waals surface area contributed by atoms with E-state index in [0.717, 1.165) is 7.05 Å². The van der Waals surface area contributed by atoms with Crippen molar-refractivity contribution >= 4 is 23.8 Å². The molecule has 2 rings (SSSR count). The summed E-state index contributed by atoms with van der Waals surface area (Å²) in [6, 6.07) is 1.39. The summed E-state index contributed by atoms with van der Waals surface area (Å²) in [4.78, 5) is 46.5. The second-order valence-corrected chi connectivity index (χ2v) is 5.73. The van der Waals surface area contributed by atoms with E-state index in [4.69, 9.17) is 17.3 Å². The lowest BCUT2D eigenvalue weighted by Gasteiger charge is -2.16. The molecule has 1 amide bonds. The van der Waals surface area contributed by atoms with E-state index in [9.17, 15) is 36.7 Å². The van der Waals surface area contributed by atoms with Crippen LogP contribution in [-0.2, 0) is 22.8 Å². The number of carbonyl (C=O) groups is 1. The van der Waals surface area contributed by atoms with Crippen LogP contribution >= 0.6 is 11.6 Å². The predicted octanol–water partition coefficient (Wildman–Crippen LogP) is 1.03. The lowest BCUT2D eigenvalue weighted by Crippen LogP contribution is -2.41. The smallest absolute Gasteiger partial charge is 0.369 e. The fraction of sp³-hybridized carbons (Fsp3) is 0.200. The third-order valence-corrected chi connectivity index (χ3v) is 3.96. The number of primary amides is 1. The van der Waals surface area contributed by atoms with E-state index in [1.54, 1.807) is 0 Å². The molecule has 1 aromatic carbocycles. The number of nitrogens with two attached hydrogens (primary N) is 1. The molecule has 1 heterocycles. The van der Waals surface area contributed by atoms with Crippen molar-refractivity contribution in [2.24, 2.45) is 12.8 Å². The number of nitrogens with zero attached hydrogens (tertiary/aromatic N) is 2. The maximum absolute atomic E-state index is 14.3. The van der Waals surface area contributed by atoms with E-state index >= 15 is 0 Å². The third-order valence-electron chi connectivity index (χ3n) is 3.63. The average molecular weight is 407 g/mol. The summed E-state index contributed by atoms with van der Waals surface area (Å²) in [6.07, 6.45) is -3.73. The first-order valence-electron chi connectivity index (χ1n) is 6.96. The molecule has 0 bridgehead atoms. The van der Waals surface area contributed by atoms with Gasteiger partial charge in [0.2, 0.25) is 12.2 Å². The minimum atomic E-state index is -5.00. The summed E-state index contributed by atoms with van der Waals surface area (Å²) in [6.45, 7) is 0. The summed E-state index contributed by atoms with van der Waals surface area (Å²) in [5.41, 5.74) is -0.699. The summed E-state index contributed by atoms with van der Waals surface area (Å²) in [7, 11) is 0.737. The molecular weight excluding hydrogens is 398 g/mol. The van der Waals surface area contributed by atoms with Gasteiger partial charge in [-0.15, -0.1) is 0 Å². The van der Waals surface area contributed by atoms with Gasteiger partial charge in [-0.05, 0) is 17.7 Å². The fourth-order valence-electron chi connectivity index (χ4n) is 2.34. The van der Waals surface area contributed by atoms with E-state index in [1.807, 2.05) is 0 Å². The van der Waals surface area contributed by atoms with Gasteiger partial charge in [-0.3, -0.25) is 19.0 Å². The van der Waals surface area contributed by atoms with Crippen molar-refractivity contribution in [3.8, 4) is 5.69 Å². The zero-order valence-corrected chi connectivity index (χ0v) is 14.1. The minimum absolute atomic E-state index is 0.104. The van der Waals surface area contributed by atoms with Crippen LogP contribution in [0.1, 0.15) is 17.2 Å². The molecule has 0 aliphatic heterocycles. The van der Waals surface area contributed by atoms with Gasteiger partial charge in [0, 0.05) is 18.1 Å². The van der Waals surface area contributed by atoms with E-state index in [1.165, 1.54) is 6.29 Å². The van der Waals surface area contributed by atoms with Crippen molar-refractivity contribution in [3.63, 3.8) is 0 Å². The molecule has 1 radical (unpaired) electrons. The first-order chi connectivity index (χ1) is 12.4. The molecule has 2 N–H and O–H groups in total. The van der Waals surface area contributed by atoms with Gasteiger partial charge in [-0.25, -0.2) is 13.8 Å². The Morgan fingerprint density at radius 2 is 1.85 bits per heavy atom. The fourth-order valence-corrected chi connectivity index (χ4v) is 2.60. The second kappa shape index (κ2) is 6.99. The van der Waals surface area contributed by atoms with Crippen molar-refractivity contribution in [3.05, 3.63) is 61.1 Å². The van der Waals surface area contributed by atoms with Crippen molar-refractivity contribution in [1.29, 1.82) is 0 Å². The molecule has 27 heavy (non-hydrogen) atoms. The van der Waals surface area contributed by atoms with Crippen LogP contribution in [0, 0.1) is 5.82 Å². The lowest BCUT2D eigenvalue weighted by molar-refractivity contribution is -0.144. The van der Waals surface area contributed by atoms with Crippen LogP contribution in [0.4, 0.5) is 17.6 Å². The molecule has 1 atom stereocenters. The van der Waals surface area contributed by atoms with Crippen LogP contribution in [0.15, 0.2) is 27.8 Å². The standard InChI is InChI=1S/C15H9ClF4N3O4/c1-22-11(15(18,19)20)4-12(25)23(14(22)27)10-2-6(7(5-24)13(21)26)8(16)3-9(10)17/h2-4,7H,1H3,(H2,21,26). The molecule has 2 aromatic rings. The summed E-state index contributed by atoms with van der Waals surface area (Å²) < 4.78 is 53.1. The largest absolute Gasteiger partial charge is 0.431 e. The highest BCUT2D eigenvalue weighted by Crippen LogP contribution is 2.29. The highest BCUT2D eigenvalue weighted by atomic mass is 35.5. The summed E-state index contributed by atoms with van der Waals surface area (Å²) in [5, 5.41) is -0.430. The van der Waals surface area contributed by atoms with Gasteiger partial charge in [0.25, 0.3) is 5.56 Å². The van der Waals surface area contributed by atoms with E-state index in [-0.39, 0.29) is 20.8 Å².